The van der Waals surface area contributed by atoms with Crippen molar-refractivity contribution in [2.45, 2.75) is 52.4 Å². The molecule has 0 aliphatic rings. The predicted octanol–water partition coefficient (Wildman–Crippen LogP) is 4.70. The lowest BCUT2D eigenvalue weighted by atomic mass is 10.0. The van der Waals surface area contributed by atoms with Gasteiger partial charge in [0.05, 0.1) is 12.2 Å². The molecule has 0 saturated carbocycles. The van der Waals surface area contributed by atoms with Crippen molar-refractivity contribution in [3.63, 3.8) is 0 Å². The van der Waals surface area contributed by atoms with Crippen molar-refractivity contribution < 1.29 is 10.2 Å². The highest BCUT2D eigenvalue weighted by atomic mass is 16.3. The van der Waals surface area contributed by atoms with Crippen molar-refractivity contribution in [1.29, 1.82) is 0 Å². The number of hydrogen-bond donors (Lipinski definition) is 2. The smallest absolute Gasteiger partial charge is 0.0762 e. The summed E-state index contributed by atoms with van der Waals surface area (Å²) in [5.41, 5.74) is 4.24. The maximum atomic E-state index is 9.90. The molecule has 0 fully saturated rings. The number of nitrogens with zero attached hydrogens (tertiary/aromatic N) is 1. The Balaban J connectivity index is 2.30. The van der Waals surface area contributed by atoms with E-state index in [0.29, 0.717) is 0 Å². The largest absolute Gasteiger partial charge is 0.389 e. The van der Waals surface area contributed by atoms with Crippen molar-refractivity contribution in [1.82, 2.24) is 4.57 Å². The fourth-order valence-corrected chi connectivity index (χ4v) is 3.22. The number of aliphatic hydroxyl groups excluding tert-OH is 2. The molecule has 3 rings (SSSR count). The predicted molar refractivity (Wildman–Crippen MR) is 95.6 cm³/mol. The van der Waals surface area contributed by atoms with Gasteiger partial charge >= 0.3 is 0 Å². The molecule has 0 aliphatic carbocycles. The lowest BCUT2D eigenvalue weighted by Crippen LogP contribution is -1.98. The van der Waals surface area contributed by atoms with Crippen molar-refractivity contribution in [2.75, 3.05) is 0 Å². The van der Waals surface area contributed by atoms with Gasteiger partial charge in [-0.3, -0.25) is 0 Å². The van der Waals surface area contributed by atoms with Crippen LogP contribution in [0, 0.1) is 0 Å². The maximum absolute atomic E-state index is 9.90. The van der Waals surface area contributed by atoms with E-state index in [0.717, 1.165) is 41.3 Å². The Morgan fingerprint density at radius 2 is 1.35 bits per heavy atom. The lowest BCUT2D eigenvalue weighted by molar-refractivity contribution is 0.199. The van der Waals surface area contributed by atoms with Crippen molar-refractivity contribution >= 4 is 21.8 Å². The van der Waals surface area contributed by atoms with Gasteiger partial charge in [-0.2, -0.15) is 0 Å². The molecule has 0 bridgehead atoms. The molecule has 1 heterocycles. The van der Waals surface area contributed by atoms with E-state index in [4.69, 9.17) is 0 Å². The van der Waals surface area contributed by atoms with Gasteiger partial charge in [0.15, 0.2) is 0 Å². The van der Waals surface area contributed by atoms with Crippen LogP contribution in [0.1, 0.15) is 56.9 Å². The summed E-state index contributed by atoms with van der Waals surface area (Å²) in [6, 6.07) is 12.4. The average Bonchev–Trinajstić information content (AvgIpc) is 2.85. The summed E-state index contributed by atoms with van der Waals surface area (Å²) in [5.74, 6) is 0. The Labute approximate surface area is 137 Å². The first-order valence-corrected chi connectivity index (χ1v) is 8.45. The second-order valence-electron chi connectivity index (χ2n) is 6.41. The first kappa shape index (κ1) is 16.0. The molecule has 23 heavy (non-hydrogen) atoms. The molecule has 3 aromatic rings. The monoisotopic (exact) mass is 311 g/mol. The van der Waals surface area contributed by atoms with Crippen molar-refractivity contribution in [3.05, 3.63) is 47.5 Å². The number of benzene rings is 2. The Kier molecular flexibility index (Phi) is 4.42. The van der Waals surface area contributed by atoms with E-state index in [1.165, 1.54) is 11.0 Å². The van der Waals surface area contributed by atoms with Crippen LogP contribution in [-0.2, 0) is 6.54 Å². The first-order valence-electron chi connectivity index (χ1n) is 8.45. The molecule has 1 aromatic heterocycles. The zero-order valence-corrected chi connectivity index (χ0v) is 14.1. The molecule has 0 amide bonds. The summed E-state index contributed by atoms with van der Waals surface area (Å²) in [4.78, 5) is 0. The second-order valence-corrected chi connectivity index (χ2v) is 6.41. The van der Waals surface area contributed by atoms with Crippen LogP contribution in [0.5, 0.6) is 0 Å². The van der Waals surface area contributed by atoms with Crippen LogP contribution in [0.3, 0.4) is 0 Å². The van der Waals surface area contributed by atoms with E-state index >= 15 is 0 Å². The Morgan fingerprint density at radius 1 is 0.870 bits per heavy atom. The fraction of sp³-hybridized carbons (Fsp3) is 0.400. The standard InChI is InChI=1S/C20H25NO2/c1-4-5-10-21-19-8-6-15(13(2)22)11-17(19)18-12-16(14(3)23)7-9-20(18)21/h6-9,11-14,22-23H,4-5,10H2,1-3H3/t13-,14-/m1/s1. The minimum atomic E-state index is -0.478. The van der Waals surface area contributed by atoms with Gasteiger partial charge in [-0.05, 0) is 55.7 Å². The summed E-state index contributed by atoms with van der Waals surface area (Å²) in [6.45, 7) is 6.76. The third-order valence-electron chi connectivity index (χ3n) is 4.61. The third kappa shape index (κ3) is 2.87. The number of hydrogen-bond acceptors (Lipinski definition) is 2. The quantitative estimate of drug-likeness (QED) is 0.717. The van der Waals surface area contributed by atoms with Gasteiger partial charge in [0, 0.05) is 28.4 Å². The molecular weight excluding hydrogens is 286 g/mol. The van der Waals surface area contributed by atoms with E-state index in [1.807, 2.05) is 12.1 Å². The number of fused-ring (bicyclic) bond motifs is 3. The summed E-state index contributed by atoms with van der Waals surface area (Å²) >= 11 is 0. The van der Waals surface area contributed by atoms with Gasteiger partial charge in [0.25, 0.3) is 0 Å². The van der Waals surface area contributed by atoms with Crippen LogP contribution in [0.2, 0.25) is 0 Å². The molecule has 122 valence electrons. The molecule has 2 aromatic carbocycles. The van der Waals surface area contributed by atoms with Crippen LogP contribution >= 0.6 is 0 Å². The second kappa shape index (κ2) is 6.34. The summed E-state index contributed by atoms with van der Waals surface area (Å²) in [6.07, 6.45) is 1.33. The zero-order chi connectivity index (χ0) is 16.6. The van der Waals surface area contributed by atoms with Crippen molar-refractivity contribution in [2.24, 2.45) is 0 Å². The highest BCUT2D eigenvalue weighted by Gasteiger charge is 2.14. The minimum Gasteiger partial charge on any atom is -0.389 e. The molecule has 2 N–H and O–H groups in total. The molecule has 0 aliphatic heterocycles. The molecule has 3 nitrogen and oxygen atoms in total. The average molecular weight is 311 g/mol. The molecule has 0 radical (unpaired) electrons. The molecular formula is C20H25NO2. The van der Waals surface area contributed by atoms with Crippen LogP contribution in [0.25, 0.3) is 21.8 Å². The number of unbranched alkanes of at least 4 members (excludes halogenated alkanes) is 1. The van der Waals surface area contributed by atoms with Crippen LogP contribution in [-0.4, -0.2) is 14.8 Å². The van der Waals surface area contributed by atoms with E-state index in [9.17, 15) is 10.2 Å². The van der Waals surface area contributed by atoms with Crippen LogP contribution in [0.15, 0.2) is 36.4 Å². The number of rotatable bonds is 5. The van der Waals surface area contributed by atoms with Gasteiger partial charge in [-0.1, -0.05) is 25.5 Å². The topological polar surface area (TPSA) is 45.4 Å². The summed E-state index contributed by atoms with van der Waals surface area (Å²) in [7, 11) is 0. The van der Waals surface area contributed by atoms with Gasteiger partial charge in [-0.15, -0.1) is 0 Å². The van der Waals surface area contributed by atoms with Gasteiger partial charge < -0.3 is 14.8 Å². The zero-order valence-electron chi connectivity index (χ0n) is 14.1. The number of aliphatic hydroxyl groups is 2. The summed E-state index contributed by atoms with van der Waals surface area (Å²) in [5, 5.41) is 22.1. The van der Waals surface area contributed by atoms with E-state index in [-0.39, 0.29) is 0 Å². The lowest BCUT2D eigenvalue weighted by Gasteiger charge is -2.08. The number of aryl methyl sites for hydroxylation is 1. The Hall–Kier alpha value is -1.84. The van der Waals surface area contributed by atoms with E-state index in [1.54, 1.807) is 13.8 Å². The third-order valence-corrected chi connectivity index (χ3v) is 4.61. The van der Waals surface area contributed by atoms with Crippen LogP contribution < -0.4 is 0 Å². The molecule has 2 atom stereocenters. The van der Waals surface area contributed by atoms with Crippen molar-refractivity contribution in [3.8, 4) is 0 Å². The molecule has 3 heteroatoms. The SMILES string of the molecule is CCCCn1c2ccc([C@@H](C)O)cc2c2cc([C@@H](C)O)ccc21. The molecule has 0 unspecified atom stereocenters. The van der Waals surface area contributed by atoms with Crippen LogP contribution in [0.4, 0.5) is 0 Å². The highest BCUT2D eigenvalue weighted by Crippen LogP contribution is 2.33. The molecule has 0 spiro atoms. The molecule has 0 saturated heterocycles. The van der Waals surface area contributed by atoms with Gasteiger partial charge in [-0.25, -0.2) is 0 Å². The van der Waals surface area contributed by atoms with E-state index in [2.05, 4.69) is 35.8 Å². The Bertz CT molecular complexity index is 765. The normalized spacial score (nSPS) is 14.5. The minimum absolute atomic E-state index is 0.478. The number of aromatic nitrogens is 1. The summed E-state index contributed by atoms with van der Waals surface area (Å²) < 4.78 is 2.35. The van der Waals surface area contributed by atoms with E-state index < -0.39 is 12.2 Å². The van der Waals surface area contributed by atoms with Gasteiger partial charge in [0.2, 0.25) is 0 Å². The Morgan fingerprint density at radius 3 is 1.74 bits per heavy atom. The highest BCUT2D eigenvalue weighted by molar-refractivity contribution is 6.08. The maximum Gasteiger partial charge on any atom is 0.0762 e. The fourth-order valence-electron chi connectivity index (χ4n) is 3.22. The van der Waals surface area contributed by atoms with Gasteiger partial charge in [0.1, 0.15) is 0 Å². The first-order chi connectivity index (χ1) is 11.0.